The van der Waals surface area contributed by atoms with E-state index in [1.807, 2.05) is 6.07 Å². The lowest BCUT2D eigenvalue weighted by molar-refractivity contribution is 0.0285. The lowest BCUT2D eigenvalue weighted by atomic mass is 10.1. The summed E-state index contributed by atoms with van der Waals surface area (Å²) >= 11 is 0. The summed E-state index contributed by atoms with van der Waals surface area (Å²) in [5, 5.41) is 0. The Kier molecular flexibility index (Phi) is 7.85. The molecule has 0 unspecified atom stereocenters. The number of anilines is 1. The number of rotatable bonds is 6. The Labute approximate surface area is 224 Å². The van der Waals surface area contributed by atoms with E-state index in [0.717, 1.165) is 35.8 Å². The van der Waals surface area contributed by atoms with Gasteiger partial charge in [-0.3, -0.25) is 0 Å². The molecule has 4 rings (SSSR count). The average Bonchev–Trinajstić information content (AvgIpc) is 3.28. The summed E-state index contributed by atoms with van der Waals surface area (Å²) in [6.45, 7) is 8.77. The Bertz CT molecular complexity index is 1410. The van der Waals surface area contributed by atoms with E-state index in [4.69, 9.17) is 4.74 Å². The van der Waals surface area contributed by atoms with Crippen molar-refractivity contribution in [2.45, 2.75) is 37.8 Å². The molecule has 3 aromatic rings. The SMILES string of the molecule is CN1CCN(c2cccc(S(=O)(=O)n3cc(CN(C)C(=O)OC(C)(C)C)cc3-c3ccccc3F)c2)CC1. The second-order valence-electron chi connectivity index (χ2n) is 10.6. The monoisotopic (exact) mass is 542 g/mol. The van der Waals surface area contributed by atoms with Crippen molar-refractivity contribution in [3.63, 3.8) is 0 Å². The molecule has 1 saturated heterocycles. The van der Waals surface area contributed by atoms with Gasteiger partial charge in [-0.05, 0) is 69.8 Å². The molecular formula is C28H35FN4O4S. The highest BCUT2D eigenvalue weighted by Crippen LogP contribution is 2.31. The maximum atomic E-state index is 14.9. The van der Waals surface area contributed by atoms with Crippen LogP contribution in [0.15, 0.2) is 65.7 Å². The van der Waals surface area contributed by atoms with Gasteiger partial charge in [-0.15, -0.1) is 0 Å². The molecule has 1 aliphatic heterocycles. The van der Waals surface area contributed by atoms with Crippen LogP contribution in [0.5, 0.6) is 0 Å². The Morgan fingerprint density at radius 2 is 1.71 bits per heavy atom. The van der Waals surface area contributed by atoms with Crippen LogP contribution in [0.1, 0.15) is 26.3 Å². The normalized spacial score (nSPS) is 14.9. The van der Waals surface area contributed by atoms with Gasteiger partial charge in [0.25, 0.3) is 10.0 Å². The van der Waals surface area contributed by atoms with Crippen LogP contribution in [0.2, 0.25) is 0 Å². The maximum Gasteiger partial charge on any atom is 0.410 e. The molecule has 1 amide bonds. The van der Waals surface area contributed by atoms with Crippen molar-refractivity contribution >= 4 is 21.8 Å². The summed E-state index contributed by atoms with van der Waals surface area (Å²) in [6.07, 6.45) is 0.904. The van der Waals surface area contributed by atoms with E-state index < -0.39 is 27.5 Å². The molecule has 0 N–H and O–H groups in total. The van der Waals surface area contributed by atoms with Crippen LogP contribution in [-0.4, -0.2) is 74.2 Å². The zero-order valence-corrected chi connectivity index (χ0v) is 23.3. The number of likely N-dealkylation sites (N-methyl/N-ethyl adjacent to an activating group) is 1. The summed E-state index contributed by atoms with van der Waals surface area (Å²) < 4.78 is 49.3. The molecule has 1 aromatic heterocycles. The Hall–Kier alpha value is -3.37. The van der Waals surface area contributed by atoms with Gasteiger partial charge < -0.3 is 19.4 Å². The van der Waals surface area contributed by atoms with E-state index in [2.05, 4.69) is 16.8 Å². The third kappa shape index (κ3) is 6.19. The molecule has 0 aliphatic carbocycles. The van der Waals surface area contributed by atoms with Gasteiger partial charge in [-0.25, -0.2) is 21.6 Å². The van der Waals surface area contributed by atoms with Crippen LogP contribution in [0.4, 0.5) is 14.9 Å². The number of hydrogen-bond acceptors (Lipinski definition) is 6. The largest absolute Gasteiger partial charge is 0.444 e. The van der Waals surface area contributed by atoms with Crippen molar-refractivity contribution in [3.05, 3.63) is 72.2 Å². The van der Waals surface area contributed by atoms with E-state index in [-0.39, 0.29) is 22.7 Å². The van der Waals surface area contributed by atoms with Gasteiger partial charge in [0, 0.05) is 50.7 Å². The van der Waals surface area contributed by atoms with Crippen molar-refractivity contribution in [1.29, 1.82) is 0 Å². The van der Waals surface area contributed by atoms with Crippen molar-refractivity contribution in [2.24, 2.45) is 0 Å². The van der Waals surface area contributed by atoms with Gasteiger partial charge in [0.2, 0.25) is 0 Å². The van der Waals surface area contributed by atoms with Crippen LogP contribution in [-0.2, 0) is 21.3 Å². The van der Waals surface area contributed by atoms with Crippen molar-refractivity contribution in [2.75, 3.05) is 45.2 Å². The number of aromatic nitrogens is 1. The predicted molar refractivity (Wildman–Crippen MR) is 146 cm³/mol. The molecule has 38 heavy (non-hydrogen) atoms. The summed E-state index contributed by atoms with van der Waals surface area (Å²) in [5.74, 6) is -0.541. The predicted octanol–water partition coefficient (Wildman–Crippen LogP) is 4.65. The molecule has 0 saturated carbocycles. The minimum atomic E-state index is -4.09. The first-order valence-corrected chi connectivity index (χ1v) is 14.0. The topological polar surface area (TPSA) is 75.1 Å². The summed E-state index contributed by atoms with van der Waals surface area (Å²) in [4.78, 5) is 18.4. The first kappa shape index (κ1) is 27.7. The van der Waals surface area contributed by atoms with Gasteiger partial charge in [0.15, 0.2) is 0 Å². The number of hydrogen-bond donors (Lipinski definition) is 0. The average molecular weight is 543 g/mol. The number of amides is 1. The van der Waals surface area contributed by atoms with Crippen LogP contribution in [0.3, 0.4) is 0 Å². The molecule has 1 fully saturated rings. The highest BCUT2D eigenvalue weighted by molar-refractivity contribution is 7.90. The number of benzene rings is 2. The molecule has 1 aliphatic rings. The number of nitrogens with zero attached hydrogens (tertiary/aromatic N) is 4. The van der Waals surface area contributed by atoms with Crippen LogP contribution < -0.4 is 4.90 Å². The quantitative estimate of drug-likeness (QED) is 0.452. The van der Waals surface area contributed by atoms with Gasteiger partial charge in [0.05, 0.1) is 17.1 Å². The van der Waals surface area contributed by atoms with Crippen molar-refractivity contribution < 1.29 is 22.3 Å². The lowest BCUT2D eigenvalue weighted by Gasteiger charge is -2.34. The first-order chi connectivity index (χ1) is 17.8. The van der Waals surface area contributed by atoms with Crippen LogP contribution in [0.25, 0.3) is 11.3 Å². The lowest BCUT2D eigenvalue weighted by Crippen LogP contribution is -2.44. The van der Waals surface area contributed by atoms with E-state index in [9.17, 15) is 17.6 Å². The number of carbonyl (C=O) groups excluding carboxylic acids is 1. The zero-order chi connectivity index (χ0) is 27.7. The Balaban J connectivity index is 1.72. The molecule has 8 nitrogen and oxygen atoms in total. The molecule has 0 radical (unpaired) electrons. The van der Waals surface area contributed by atoms with Crippen molar-refractivity contribution in [3.8, 4) is 11.3 Å². The number of ether oxygens (including phenoxy) is 1. The molecular weight excluding hydrogens is 507 g/mol. The fourth-order valence-corrected chi connectivity index (χ4v) is 5.78. The van der Waals surface area contributed by atoms with Gasteiger partial charge in [0.1, 0.15) is 11.4 Å². The minimum absolute atomic E-state index is 0.0836. The van der Waals surface area contributed by atoms with Crippen molar-refractivity contribution in [1.82, 2.24) is 13.8 Å². The maximum absolute atomic E-state index is 14.9. The first-order valence-electron chi connectivity index (χ1n) is 12.5. The summed E-state index contributed by atoms with van der Waals surface area (Å²) in [5.41, 5.74) is 1.01. The Morgan fingerprint density at radius 3 is 2.37 bits per heavy atom. The third-order valence-corrected chi connectivity index (χ3v) is 8.03. The smallest absolute Gasteiger partial charge is 0.410 e. The van der Waals surface area contributed by atoms with E-state index in [1.54, 1.807) is 70.3 Å². The van der Waals surface area contributed by atoms with E-state index in [1.165, 1.54) is 17.2 Å². The highest BCUT2D eigenvalue weighted by atomic mass is 32.2. The molecule has 2 aromatic carbocycles. The van der Waals surface area contributed by atoms with Crippen LogP contribution in [0, 0.1) is 5.82 Å². The molecule has 10 heteroatoms. The van der Waals surface area contributed by atoms with Gasteiger partial charge in [-0.2, -0.15) is 0 Å². The molecule has 2 heterocycles. The summed E-state index contributed by atoms with van der Waals surface area (Å²) in [6, 6.07) is 14.5. The number of piperazine rings is 1. The minimum Gasteiger partial charge on any atom is -0.444 e. The van der Waals surface area contributed by atoms with Gasteiger partial charge >= 0.3 is 6.09 Å². The highest BCUT2D eigenvalue weighted by Gasteiger charge is 2.26. The van der Waals surface area contributed by atoms with E-state index in [0.29, 0.717) is 5.56 Å². The molecule has 204 valence electrons. The fourth-order valence-electron chi connectivity index (χ4n) is 4.34. The summed E-state index contributed by atoms with van der Waals surface area (Å²) in [7, 11) is -0.459. The number of carbonyl (C=O) groups is 1. The third-order valence-electron chi connectivity index (χ3n) is 6.36. The second-order valence-corrected chi connectivity index (χ2v) is 12.5. The van der Waals surface area contributed by atoms with Crippen LogP contribution >= 0.6 is 0 Å². The fraction of sp³-hybridized carbons (Fsp3) is 0.393. The standard InChI is InChI=1S/C28H35FN4O4S/c1-28(2,3)37-27(34)31(5)19-21-17-26(24-11-6-7-12-25(24)29)33(20-21)38(35,36)23-10-8-9-22(18-23)32-15-13-30(4)14-16-32/h6-12,17-18,20H,13-16,19H2,1-5H3. The van der Waals surface area contributed by atoms with E-state index >= 15 is 0 Å². The molecule has 0 bridgehead atoms. The molecule has 0 atom stereocenters. The zero-order valence-electron chi connectivity index (χ0n) is 22.5. The Morgan fingerprint density at radius 1 is 1.03 bits per heavy atom. The molecule has 0 spiro atoms. The van der Waals surface area contributed by atoms with Gasteiger partial charge in [-0.1, -0.05) is 18.2 Å². The number of halogens is 1. The second kappa shape index (κ2) is 10.8.